The van der Waals surface area contributed by atoms with Crippen LogP contribution < -0.4 is 0 Å². The van der Waals surface area contributed by atoms with Gasteiger partial charge in [0.1, 0.15) is 0 Å². The van der Waals surface area contributed by atoms with Crippen LogP contribution in [0, 0.1) is 0 Å². The molecule has 0 fully saturated rings. The molecule has 1 rings (SSSR count). The third-order valence-electron chi connectivity index (χ3n) is 2.45. The molecule has 15 heavy (non-hydrogen) atoms. The van der Waals surface area contributed by atoms with Gasteiger partial charge >= 0.3 is 0 Å². The van der Waals surface area contributed by atoms with E-state index in [1.54, 1.807) is 0 Å². The molecule has 3 heteroatoms. The lowest BCUT2D eigenvalue weighted by atomic mass is 10.0. The molecule has 1 aromatic heterocycles. The molecule has 0 spiro atoms. The van der Waals surface area contributed by atoms with Crippen molar-refractivity contribution < 1.29 is 0 Å². The highest BCUT2D eigenvalue weighted by atomic mass is 127. The molecular formula is C12H21IN2. The van der Waals surface area contributed by atoms with Gasteiger partial charge in [-0.3, -0.25) is 4.68 Å². The molecular weight excluding hydrogens is 299 g/mol. The number of aromatic nitrogens is 2. The number of hydrogen-bond donors (Lipinski definition) is 0. The lowest BCUT2D eigenvalue weighted by Crippen LogP contribution is -2.26. The molecule has 0 saturated carbocycles. The molecule has 0 aliphatic heterocycles. The van der Waals surface area contributed by atoms with Crippen LogP contribution in [-0.2, 0) is 5.54 Å². The predicted octanol–water partition coefficient (Wildman–Crippen LogP) is 4.26. The van der Waals surface area contributed by atoms with E-state index < -0.39 is 0 Å². The summed E-state index contributed by atoms with van der Waals surface area (Å²) < 4.78 is 2.69. The van der Waals surface area contributed by atoms with Crippen LogP contribution in [0.1, 0.15) is 62.6 Å². The SMILES string of the molecule is CC(C)c1c([C@H](C)I)cnn1C(C)(C)C. The molecule has 86 valence electrons. The third kappa shape index (κ3) is 2.74. The number of halogens is 1. The van der Waals surface area contributed by atoms with Gasteiger partial charge < -0.3 is 0 Å². The minimum Gasteiger partial charge on any atom is -0.264 e. The zero-order chi connectivity index (χ0) is 11.8. The fraction of sp³-hybridized carbons (Fsp3) is 0.750. The summed E-state index contributed by atoms with van der Waals surface area (Å²) in [4.78, 5) is 0. The Labute approximate surface area is 107 Å². The van der Waals surface area contributed by atoms with Crippen molar-refractivity contribution in [2.75, 3.05) is 0 Å². The quantitative estimate of drug-likeness (QED) is 0.588. The Morgan fingerprint density at radius 2 is 1.80 bits per heavy atom. The van der Waals surface area contributed by atoms with Crippen LogP contribution in [0.3, 0.4) is 0 Å². The second-order valence-electron chi connectivity index (χ2n) is 5.34. The highest BCUT2D eigenvalue weighted by Gasteiger charge is 2.23. The predicted molar refractivity (Wildman–Crippen MR) is 73.7 cm³/mol. The Balaban J connectivity index is 3.31. The van der Waals surface area contributed by atoms with Crippen molar-refractivity contribution in [2.45, 2.75) is 56.9 Å². The Morgan fingerprint density at radius 1 is 1.27 bits per heavy atom. The molecule has 1 atom stereocenters. The first-order valence-corrected chi connectivity index (χ1v) is 6.72. The van der Waals surface area contributed by atoms with E-state index in [1.807, 2.05) is 6.20 Å². The first-order chi connectivity index (χ1) is 6.75. The van der Waals surface area contributed by atoms with Crippen LogP contribution in [0.15, 0.2) is 6.20 Å². The summed E-state index contributed by atoms with van der Waals surface area (Å²) in [5, 5.41) is 4.54. The van der Waals surface area contributed by atoms with Gasteiger partial charge in [0.05, 0.1) is 11.7 Å². The summed E-state index contributed by atoms with van der Waals surface area (Å²) in [5.74, 6) is 0.527. The molecule has 0 N–H and O–H groups in total. The molecule has 0 aliphatic rings. The first-order valence-electron chi connectivity index (χ1n) is 5.47. The Hall–Kier alpha value is -0.0600. The van der Waals surface area contributed by atoms with Crippen molar-refractivity contribution in [3.63, 3.8) is 0 Å². The minimum atomic E-state index is 0.0728. The molecule has 0 bridgehead atoms. The molecule has 0 aliphatic carbocycles. The van der Waals surface area contributed by atoms with Crippen LogP contribution in [0.2, 0.25) is 0 Å². The summed E-state index contributed by atoms with van der Waals surface area (Å²) in [6.07, 6.45) is 2.03. The Bertz CT molecular complexity index is 332. The van der Waals surface area contributed by atoms with Crippen molar-refractivity contribution in [3.8, 4) is 0 Å². The van der Waals surface area contributed by atoms with Crippen molar-refractivity contribution in [2.24, 2.45) is 0 Å². The molecule has 0 aromatic carbocycles. The number of hydrogen-bond acceptors (Lipinski definition) is 1. The van der Waals surface area contributed by atoms with Crippen molar-refractivity contribution >= 4 is 22.6 Å². The van der Waals surface area contributed by atoms with Gasteiger partial charge in [0.2, 0.25) is 0 Å². The number of rotatable bonds is 2. The molecule has 1 heterocycles. The number of nitrogens with zero attached hydrogens (tertiary/aromatic N) is 2. The summed E-state index contributed by atoms with van der Waals surface area (Å²) in [6, 6.07) is 0. The number of alkyl halides is 1. The van der Waals surface area contributed by atoms with Crippen molar-refractivity contribution in [3.05, 3.63) is 17.5 Å². The van der Waals surface area contributed by atoms with Gasteiger partial charge in [-0.15, -0.1) is 0 Å². The lowest BCUT2D eigenvalue weighted by Gasteiger charge is -2.25. The monoisotopic (exact) mass is 320 g/mol. The standard InChI is InChI=1S/C12H21IN2/c1-8(2)11-10(9(3)13)7-14-15(11)12(4,5)6/h7-9H,1-6H3/t9-/m0/s1. The second kappa shape index (κ2) is 4.44. The third-order valence-corrected chi connectivity index (χ3v) is 3.12. The summed E-state index contributed by atoms with van der Waals surface area (Å²) in [7, 11) is 0. The Kier molecular flexibility index (Phi) is 3.85. The molecule has 0 saturated heterocycles. The van der Waals surface area contributed by atoms with Crippen molar-refractivity contribution in [1.29, 1.82) is 0 Å². The van der Waals surface area contributed by atoms with Gasteiger partial charge in [-0.25, -0.2) is 0 Å². The van der Waals surface area contributed by atoms with E-state index in [2.05, 4.69) is 73.9 Å². The van der Waals surface area contributed by atoms with E-state index in [0.717, 1.165) is 0 Å². The fourth-order valence-corrected chi connectivity index (χ4v) is 2.27. The van der Waals surface area contributed by atoms with Crippen LogP contribution in [0.25, 0.3) is 0 Å². The van der Waals surface area contributed by atoms with Gasteiger partial charge in [0.25, 0.3) is 0 Å². The largest absolute Gasteiger partial charge is 0.264 e. The van der Waals surface area contributed by atoms with Gasteiger partial charge in [0, 0.05) is 15.2 Å². The summed E-state index contributed by atoms with van der Waals surface area (Å²) in [6.45, 7) is 13.3. The second-order valence-corrected chi connectivity index (χ2v) is 7.21. The van der Waals surface area contributed by atoms with Gasteiger partial charge in [-0.1, -0.05) is 36.4 Å². The highest BCUT2D eigenvalue weighted by Crippen LogP contribution is 2.32. The maximum absolute atomic E-state index is 4.54. The van der Waals surface area contributed by atoms with Crippen LogP contribution in [0.5, 0.6) is 0 Å². The highest BCUT2D eigenvalue weighted by molar-refractivity contribution is 14.1. The normalized spacial score (nSPS) is 14.7. The van der Waals surface area contributed by atoms with Crippen molar-refractivity contribution in [1.82, 2.24) is 9.78 Å². The van der Waals surface area contributed by atoms with Crippen LogP contribution in [0.4, 0.5) is 0 Å². The zero-order valence-corrected chi connectivity index (χ0v) is 12.7. The van der Waals surface area contributed by atoms with Gasteiger partial charge in [-0.2, -0.15) is 5.10 Å². The van der Waals surface area contributed by atoms with Gasteiger partial charge in [-0.05, 0) is 33.6 Å². The van der Waals surface area contributed by atoms with E-state index in [1.165, 1.54) is 11.3 Å². The molecule has 2 nitrogen and oxygen atoms in total. The van der Waals surface area contributed by atoms with Gasteiger partial charge in [0.15, 0.2) is 0 Å². The topological polar surface area (TPSA) is 17.8 Å². The molecule has 1 aromatic rings. The smallest absolute Gasteiger partial charge is 0.0546 e. The average molecular weight is 320 g/mol. The van der Waals surface area contributed by atoms with E-state index in [0.29, 0.717) is 9.84 Å². The minimum absolute atomic E-state index is 0.0728. The molecule has 0 unspecified atom stereocenters. The van der Waals surface area contributed by atoms with E-state index >= 15 is 0 Å². The molecule has 0 radical (unpaired) electrons. The van der Waals surface area contributed by atoms with E-state index in [-0.39, 0.29) is 5.54 Å². The summed E-state index contributed by atoms with van der Waals surface area (Å²) >= 11 is 2.46. The van der Waals surface area contributed by atoms with Crippen LogP contribution >= 0.6 is 22.6 Å². The Morgan fingerprint density at radius 3 is 2.13 bits per heavy atom. The van der Waals surface area contributed by atoms with Crippen LogP contribution in [-0.4, -0.2) is 9.78 Å². The first kappa shape index (κ1) is 13.0. The zero-order valence-electron chi connectivity index (χ0n) is 10.5. The lowest BCUT2D eigenvalue weighted by molar-refractivity contribution is 0.338. The fourth-order valence-electron chi connectivity index (χ4n) is 1.79. The maximum Gasteiger partial charge on any atom is 0.0546 e. The molecule has 0 amide bonds. The average Bonchev–Trinajstić information content (AvgIpc) is 2.45. The maximum atomic E-state index is 4.54. The van der Waals surface area contributed by atoms with E-state index in [9.17, 15) is 0 Å². The summed E-state index contributed by atoms with van der Waals surface area (Å²) in [5.41, 5.74) is 2.83. The van der Waals surface area contributed by atoms with E-state index in [4.69, 9.17) is 0 Å².